The molecule has 0 radical (unpaired) electrons. The monoisotopic (exact) mass is 722 g/mol. The van der Waals surface area contributed by atoms with E-state index in [2.05, 4.69) is 77.0 Å². The Morgan fingerprint density at radius 3 is 2.40 bits per heavy atom. The molecular formula is C46H59ClN2O3. The van der Waals surface area contributed by atoms with E-state index in [1.165, 1.54) is 47.7 Å². The van der Waals surface area contributed by atoms with E-state index in [1.54, 1.807) is 0 Å². The van der Waals surface area contributed by atoms with Gasteiger partial charge < -0.3 is 15.0 Å². The van der Waals surface area contributed by atoms with Crippen LogP contribution in [0.5, 0.6) is 0 Å². The van der Waals surface area contributed by atoms with Gasteiger partial charge in [0.05, 0.1) is 12.5 Å². The first kappa shape index (κ1) is 36.0. The summed E-state index contributed by atoms with van der Waals surface area (Å²) in [6, 6.07) is 15.6. The number of carbonyl (C=O) groups is 2. The summed E-state index contributed by atoms with van der Waals surface area (Å²) in [5.74, 6) is 0.907. The van der Waals surface area contributed by atoms with Crippen molar-refractivity contribution in [3.05, 3.63) is 82.0 Å². The standard InChI is InChI=1S/C46H59ClN2O3/c1-41(2)20-22-46(40(51)49-35(39(50)52-8)24-28-12-10-9-11-13-28)23-21-44(6)32(33(46)27-41)15-17-37-43(5)26-31-30-25-29(47)14-16-34(30)48-38(31)42(3,4)36(43)18-19-45(37,44)7/h9-16,25,33,35-37,48H,17-24,26-27H2,1-8H3,(H,49,51)/t33-,35-,36-,37+,43-,44+,45+,46-/m0/s1. The van der Waals surface area contributed by atoms with Crippen molar-refractivity contribution in [1.29, 1.82) is 0 Å². The topological polar surface area (TPSA) is 71.2 Å². The second kappa shape index (κ2) is 12.0. The molecule has 5 aliphatic carbocycles. The van der Waals surface area contributed by atoms with Crippen LogP contribution < -0.4 is 5.32 Å². The maximum absolute atomic E-state index is 14.9. The highest BCUT2D eigenvalue weighted by molar-refractivity contribution is 6.31. The Morgan fingerprint density at radius 1 is 0.942 bits per heavy atom. The third-order valence-electron chi connectivity index (χ3n) is 16.4. The molecule has 6 heteroatoms. The third kappa shape index (κ3) is 5.06. The molecule has 0 spiro atoms. The number of nitrogens with one attached hydrogen (secondary N) is 2. The zero-order chi connectivity index (χ0) is 37.1. The molecule has 278 valence electrons. The van der Waals surface area contributed by atoms with E-state index >= 15 is 0 Å². The first-order valence-electron chi connectivity index (χ1n) is 19.9. The van der Waals surface area contributed by atoms with Crippen LogP contribution >= 0.6 is 11.6 Å². The third-order valence-corrected chi connectivity index (χ3v) is 16.6. The maximum atomic E-state index is 14.9. The number of halogens is 1. The van der Waals surface area contributed by atoms with Gasteiger partial charge in [-0.1, -0.05) is 102 Å². The molecule has 5 nitrogen and oxygen atoms in total. The van der Waals surface area contributed by atoms with Crippen molar-refractivity contribution in [2.24, 2.45) is 44.8 Å². The van der Waals surface area contributed by atoms with Crippen LogP contribution in [0.3, 0.4) is 0 Å². The summed E-state index contributed by atoms with van der Waals surface area (Å²) >= 11 is 6.61. The molecule has 1 amide bonds. The molecule has 8 atom stereocenters. The van der Waals surface area contributed by atoms with Crippen LogP contribution in [0.2, 0.25) is 5.02 Å². The summed E-state index contributed by atoms with van der Waals surface area (Å²) in [6.45, 7) is 17.6. The number of aromatic nitrogens is 1. The Balaban J connectivity index is 1.17. The average Bonchev–Trinajstić information content (AvgIpc) is 3.46. The van der Waals surface area contributed by atoms with Gasteiger partial charge in [-0.15, -0.1) is 0 Å². The first-order valence-corrected chi connectivity index (χ1v) is 20.3. The van der Waals surface area contributed by atoms with Gasteiger partial charge in [0.2, 0.25) is 5.91 Å². The number of rotatable bonds is 5. The second-order valence-corrected chi connectivity index (χ2v) is 20.1. The molecule has 1 heterocycles. The minimum absolute atomic E-state index is 0.00844. The van der Waals surface area contributed by atoms with E-state index in [-0.39, 0.29) is 44.9 Å². The van der Waals surface area contributed by atoms with Crippen LogP contribution in [0.4, 0.5) is 0 Å². The SMILES string of the molecule is COC(=O)[C@H](Cc1ccccc1)NC(=O)[C@]12CCC(C)(C)C[C@H]1C1=CC[C@@H]3[C@@]4(C)Cc5c([nH]c6ccc(Cl)cc56)C(C)(C)[C@@H]4CC[C@@]3(C)[C@]1(C)CC2. The Hall–Kier alpha value is -3.05. The number of allylic oxidation sites excluding steroid dienone is 2. The molecule has 1 aromatic heterocycles. The van der Waals surface area contributed by atoms with Crippen LogP contribution in [-0.2, 0) is 32.6 Å². The number of H-pyrrole nitrogens is 1. The van der Waals surface area contributed by atoms with Crippen molar-refractivity contribution in [3.8, 4) is 0 Å². The lowest BCUT2D eigenvalue weighted by molar-refractivity contribution is -0.168. The van der Waals surface area contributed by atoms with Crippen molar-refractivity contribution in [2.45, 2.75) is 124 Å². The Kier molecular flexibility index (Phi) is 8.28. The lowest BCUT2D eigenvalue weighted by Crippen LogP contribution is -2.65. The molecule has 8 rings (SSSR count). The van der Waals surface area contributed by atoms with Crippen molar-refractivity contribution < 1.29 is 14.3 Å². The fourth-order valence-electron chi connectivity index (χ4n) is 13.4. The average molecular weight is 723 g/mol. The molecule has 3 fully saturated rings. The smallest absolute Gasteiger partial charge is 0.328 e. The zero-order valence-electron chi connectivity index (χ0n) is 32.7. The molecule has 0 bridgehead atoms. The molecule has 3 saturated carbocycles. The van der Waals surface area contributed by atoms with Gasteiger partial charge in [0.1, 0.15) is 6.04 Å². The Labute approximate surface area is 316 Å². The summed E-state index contributed by atoms with van der Waals surface area (Å²) in [5.41, 5.74) is 6.47. The van der Waals surface area contributed by atoms with Gasteiger partial charge in [-0.05, 0) is 127 Å². The van der Waals surface area contributed by atoms with Gasteiger partial charge in [-0.3, -0.25) is 4.79 Å². The highest BCUT2D eigenvalue weighted by atomic mass is 35.5. The molecule has 0 aliphatic heterocycles. The molecule has 2 aromatic carbocycles. The number of fused-ring (bicyclic) bond motifs is 10. The van der Waals surface area contributed by atoms with Gasteiger partial charge in [-0.25, -0.2) is 4.79 Å². The summed E-state index contributed by atoms with van der Waals surface area (Å²) in [4.78, 5) is 31.9. The number of carbonyl (C=O) groups excluding carboxylic acids is 2. The molecule has 52 heavy (non-hydrogen) atoms. The van der Waals surface area contributed by atoms with Crippen LogP contribution in [0.15, 0.2) is 60.2 Å². The van der Waals surface area contributed by atoms with Gasteiger partial charge in [0.25, 0.3) is 0 Å². The predicted molar refractivity (Wildman–Crippen MR) is 210 cm³/mol. The predicted octanol–water partition coefficient (Wildman–Crippen LogP) is 10.5. The minimum atomic E-state index is -0.713. The minimum Gasteiger partial charge on any atom is -0.467 e. The van der Waals surface area contributed by atoms with Gasteiger partial charge in [0, 0.05) is 33.5 Å². The Morgan fingerprint density at radius 2 is 1.67 bits per heavy atom. The fraction of sp³-hybridized carbons (Fsp3) is 0.609. The van der Waals surface area contributed by atoms with E-state index in [9.17, 15) is 9.59 Å². The summed E-state index contributed by atoms with van der Waals surface area (Å²) < 4.78 is 5.25. The molecule has 0 unspecified atom stereocenters. The normalized spacial score (nSPS) is 36.2. The van der Waals surface area contributed by atoms with Crippen LogP contribution in [0.1, 0.15) is 117 Å². The summed E-state index contributed by atoms with van der Waals surface area (Å²) in [6.07, 6.45) is 12.3. The molecule has 3 aromatic rings. The van der Waals surface area contributed by atoms with E-state index in [0.717, 1.165) is 55.5 Å². The lowest BCUT2D eigenvalue weighted by atomic mass is 9.33. The highest BCUT2D eigenvalue weighted by Crippen LogP contribution is 2.75. The van der Waals surface area contributed by atoms with E-state index < -0.39 is 11.5 Å². The van der Waals surface area contributed by atoms with Crippen molar-refractivity contribution >= 4 is 34.4 Å². The molecule has 5 aliphatic rings. The number of amides is 1. The quantitative estimate of drug-likeness (QED) is 0.203. The van der Waals surface area contributed by atoms with Crippen LogP contribution in [0.25, 0.3) is 10.9 Å². The van der Waals surface area contributed by atoms with E-state index in [1.807, 2.05) is 36.4 Å². The number of aromatic amines is 1. The zero-order valence-corrected chi connectivity index (χ0v) is 33.4. The summed E-state index contributed by atoms with van der Waals surface area (Å²) in [5, 5.41) is 5.39. The molecule has 0 saturated heterocycles. The second-order valence-electron chi connectivity index (χ2n) is 19.7. The fourth-order valence-corrected chi connectivity index (χ4v) is 13.6. The lowest BCUT2D eigenvalue weighted by Gasteiger charge is -2.70. The number of esters is 1. The maximum Gasteiger partial charge on any atom is 0.328 e. The highest BCUT2D eigenvalue weighted by Gasteiger charge is 2.69. The number of methoxy groups -OCH3 is 1. The van der Waals surface area contributed by atoms with Crippen LogP contribution in [-0.4, -0.2) is 30.0 Å². The van der Waals surface area contributed by atoms with Crippen molar-refractivity contribution in [2.75, 3.05) is 7.11 Å². The van der Waals surface area contributed by atoms with Gasteiger partial charge >= 0.3 is 5.97 Å². The number of hydrogen-bond donors (Lipinski definition) is 2. The first-order chi connectivity index (χ1) is 24.5. The number of hydrogen-bond acceptors (Lipinski definition) is 3. The summed E-state index contributed by atoms with van der Waals surface area (Å²) in [7, 11) is 1.42. The number of ether oxygens (including phenoxy) is 1. The van der Waals surface area contributed by atoms with Gasteiger partial charge in [-0.2, -0.15) is 0 Å². The number of benzene rings is 2. The largest absolute Gasteiger partial charge is 0.467 e. The van der Waals surface area contributed by atoms with E-state index in [4.69, 9.17) is 16.3 Å². The van der Waals surface area contributed by atoms with E-state index in [0.29, 0.717) is 18.3 Å². The van der Waals surface area contributed by atoms with Gasteiger partial charge in [0.15, 0.2) is 0 Å². The van der Waals surface area contributed by atoms with Crippen molar-refractivity contribution in [3.63, 3.8) is 0 Å². The van der Waals surface area contributed by atoms with Crippen molar-refractivity contribution in [1.82, 2.24) is 10.3 Å². The molecule has 2 N–H and O–H groups in total. The van der Waals surface area contributed by atoms with Crippen LogP contribution in [0, 0.1) is 44.8 Å². The molecular weight excluding hydrogens is 664 g/mol. The Bertz CT molecular complexity index is 1960.